The molecule has 1 saturated heterocycles. The van der Waals surface area contributed by atoms with Gasteiger partial charge in [0.1, 0.15) is 0 Å². The van der Waals surface area contributed by atoms with E-state index in [9.17, 15) is 4.79 Å². The zero-order valence-corrected chi connectivity index (χ0v) is 11.8. The van der Waals surface area contributed by atoms with Crippen LogP contribution in [-0.2, 0) is 16.0 Å². The van der Waals surface area contributed by atoms with Crippen LogP contribution < -0.4 is 4.90 Å². The molecule has 0 bridgehead atoms. The zero-order chi connectivity index (χ0) is 13.4. The molecule has 3 nitrogen and oxygen atoms in total. The first-order valence-electron chi connectivity index (χ1n) is 6.82. The van der Waals surface area contributed by atoms with Crippen molar-refractivity contribution in [1.82, 2.24) is 0 Å². The monoisotopic (exact) mass is 279 g/mol. The molecule has 2 heterocycles. The highest BCUT2D eigenvalue weighted by atomic mass is 35.5. The highest BCUT2D eigenvalue weighted by Gasteiger charge is 2.27. The fourth-order valence-electron chi connectivity index (χ4n) is 2.90. The maximum absolute atomic E-state index is 11.7. The van der Waals surface area contributed by atoms with Crippen molar-refractivity contribution >= 4 is 23.2 Å². The van der Waals surface area contributed by atoms with Crippen LogP contribution in [0.3, 0.4) is 0 Å². The van der Waals surface area contributed by atoms with Gasteiger partial charge in [0.05, 0.1) is 11.5 Å². The number of ether oxygens (including phenoxy) is 1. The largest absolute Gasteiger partial charge is 0.376 e. The predicted octanol–water partition coefficient (Wildman–Crippen LogP) is 3.05. The van der Waals surface area contributed by atoms with E-state index in [-0.39, 0.29) is 17.4 Å². The Bertz CT molecular complexity index is 497. The molecule has 0 aliphatic carbocycles. The molecule has 0 radical (unpaired) electrons. The number of benzene rings is 1. The van der Waals surface area contributed by atoms with E-state index in [0.29, 0.717) is 6.42 Å². The predicted molar refractivity (Wildman–Crippen MR) is 75.7 cm³/mol. The molecule has 0 N–H and O–H groups in total. The van der Waals surface area contributed by atoms with Crippen molar-refractivity contribution < 1.29 is 9.53 Å². The number of nitrogens with zero attached hydrogens (tertiary/aromatic N) is 1. The molecule has 0 saturated carbocycles. The quantitative estimate of drug-likeness (QED) is 0.779. The van der Waals surface area contributed by atoms with Crippen molar-refractivity contribution in [3.8, 4) is 0 Å². The second-order valence-electron chi connectivity index (χ2n) is 5.29. The van der Waals surface area contributed by atoms with Crippen LogP contribution in [0, 0.1) is 0 Å². The highest BCUT2D eigenvalue weighted by molar-refractivity contribution is 6.21. The SMILES string of the molecule is CN1C(=O)CCc2cc(C(Cl)C3CCCO3)ccc21. The summed E-state index contributed by atoms with van der Waals surface area (Å²) in [5.74, 6) is 0.182. The number of carbonyl (C=O) groups excluding carboxylic acids is 1. The summed E-state index contributed by atoms with van der Waals surface area (Å²) in [7, 11) is 1.83. The number of carbonyl (C=O) groups is 1. The Kier molecular flexibility index (Phi) is 3.50. The number of halogens is 1. The number of amides is 1. The molecule has 102 valence electrons. The average molecular weight is 280 g/mol. The van der Waals surface area contributed by atoms with Gasteiger partial charge in [-0.1, -0.05) is 12.1 Å². The van der Waals surface area contributed by atoms with Gasteiger partial charge in [0.2, 0.25) is 5.91 Å². The van der Waals surface area contributed by atoms with Crippen LogP contribution in [-0.4, -0.2) is 25.7 Å². The third-order valence-corrected chi connectivity index (χ3v) is 4.59. The molecule has 0 spiro atoms. The third-order valence-electron chi connectivity index (χ3n) is 4.06. The van der Waals surface area contributed by atoms with E-state index in [1.807, 2.05) is 19.2 Å². The highest BCUT2D eigenvalue weighted by Crippen LogP contribution is 2.36. The Labute approximate surface area is 118 Å². The van der Waals surface area contributed by atoms with E-state index in [1.54, 1.807) is 4.90 Å². The molecule has 2 atom stereocenters. The van der Waals surface area contributed by atoms with Gasteiger partial charge in [-0.3, -0.25) is 4.79 Å². The summed E-state index contributed by atoms with van der Waals surface area (Å²) < 4.78 is 5.65. The number of anilines is 1. The molecule has 4 heteroatoms. The lowest BCUT2D eigenvalue weighted by molar-refractivity contribution is -0.118. The van der Waals surface area contributed by atoms with Crippen molar-refractivity contribution in [3.63, 3.8) is 0 Å². The molecule has 1 fully saturated rings. The number of alkyl halides is 1. The fourth-order valence-corrected chi connectivity index (χ4v) is 3.23. The van der Waals surface area contributed by atoms with Crippen LogP contribution in [0.5, 0.6) is 0 Å². The Balaban J connectivity index is 1.87. The van der Waals surface area contributed by atoms with Gasteiger partial charge in [0.15, 0.2) is 0 Å². The Morgan fingerprint density at radius 1 is 1.42 bits per heavy atom. The van der Waals surface area contributed by atoms with Crippen molar-refractivity contribution in [2.24, 2.45) is 0 Å². The van der Waals surface area contributed by atoms with E-state index in [0.717, 1.165) is 37.1 Å². The smallest absolute Gasteiger partial charge is 0.227 e. The number of fused-ring (bicyclic) bond motifs is 1. The normalized spacial score (nSPS) is 24.4. The third kappa shape index (κ3) is 2.37. The summed E-state index contributed by atoms with van der Waals surface area (Å²) in [6.45, 7) is 0.816. The molecule has 1 aromatic rings. The minimum Gasteiger partial charge on any atom is -0.376 e. The molecule has 1 aromatic carbocycles. The first-order valence-corrected chi connectivity index (χ1v) is 7.25. The van der Waals surface area contributed by atoms with Crippen LogP contribution in [0.1, 0.15) is 35.8 Å². The molecule has 2 unspecified atom stereocenters. The molecule has 2 aliphatic heterocycles. The van der Waals surface area contributed by atoms with E-state index in [2.05, 4.69) is 6.07 Å². The van der Waals surface area contributed by atoms with Crippen LogP contribution in [0.25, 0.3) is 0 Å². The summed E-state index contributed by atoms with van der Waals surface area (Å²) >= 11 is 6.51. The summed E-state index contributed by atoms with van der Waals surface area (Å²) in [6.07, 6.45) is 3.64. The molecular weight excluding hydrogens is 262 g/mol. The van der Waals surface area contributed by atoms with Gasteiger partial charge < -0.3 is 9.64 Å². The minimum atomic E-state index is -0.0873. The van der Waals surface area contributed by atoms with Crippen LogP contribution >= 0.6 is 11.6 Å². The van der Waals surface area contributed by atoms with Gasteiger partial charge in [-0.25, -0.2) is 0 Å². The Hall–Kier alpha value is -1.06. The first kappa shape index (κ1) is 12.9. The lowest BCUT2D eigenvalue weighted by atomic mass is 9.96. The van der Waals surface area contributed by atoms with E-state index < -0.39 is 0 Å². The van der Waals surface area contributed by atoms with E-state index in [4.69, 9.17) is 16.3 Å². The summed E-state index contributed by atoms with van der Waals surface area (Å²) in [4.78, 5) is 13.4. The van der Waals surface area contributed by atoms with Crippen molar-refractivity contribution in [2.75, 3.05) is 18.6 Å². The van der Waals surface area contributed by atoms with Gasteiger partial charge in [0, 0.05) is 25.8 Å². The lowest BCUT2D eigenvalue weighted by Crippen LogP contribution is -2.31. The second kappa shape index (κ2) is 5.14. The summed E-state index contributed by atoms with van der Waals surface area (Å²) in [5.41, 5.74) is 3.33. The molecule has 2 aliphatic rings. The van der Waals surface area contributed by atoms with Crippen molar-refractivity contribution in [1.29, 1.82) is 0 Å². The van der Waals surface area contributed by atoms with E-state index >= 15 is 0 Å². The molecule has 19 heavy (non-hydrogen) atoms. The molecule has 1 amide bonds. The van der Waals surface area contributed by atoms with E-state index in [1.165, 1.54) is 5.56 Å². The zero-order valence-electron chi connectivity index (χ0n) is 11.1. The Morgan fingerprint density at radius 2 is 2.26 bits per heavy atom. The first-order chi connectivity index (χ1) is 9.16. The molecule has 3 rings (SSSR count). The fraction of sp³-hybridized carbons (Fsp3) is 0.533. The summed E-state index contributed by atoms with van der Waals surface area (Å²) in [6, 6.07) is 6.16. The number of hydrogen-bond donors (Lipinski definition) is 0. The minimum absolute atomic E-state index is 0.0873. The van der Waals surface area contributed by atoms with Crippen LogP contribution in [0.4, 0.5) is 5.69 Å². The molecular formula is C15H18ClNO2. The molecule has 0 aromatic heterocycles. The average Bonchev–Trinajstić information content (AvgIpc) is 2.96. The number of aryl methyl sites for hydroxylation is 1. The van der Waals surface area contributed by atoms with Gasteiger partial charge in [-0.05, 0) is 36.5 Å². The van der Waals surface area contributed by atoms with Gasteiger partial charge in [0.25, 0.3) is 0 Å². The van der Waals surface area contributed by atoms with Crippen LogP contribution in [0.15, 0.2) is 18.2 Å². The standard InChI is InChI=1S/C15H18ClNO2/c1-17-12-6-4-11(9-10(12)5-7-14(17)18)15(16)13-3-2-8-19-13/h4,6,9,13,15H,2-3,5,7-8H2,1H3. The topological polar surface area (TPSA) is 29.5 Å². The van der Waals surface area contributed by atoms with Gasteiger partial charge >= 0.3 is 0 Å². The Morgan fingerprint density at radius 3 is 3.00 bits per heavy atom. The maximum atomic E-state index is 11.7. The van der Waals surface area contributed by atoms with Gasteiger partial charge in [-0.2, -0.15) is 0 Å². The van der Waals surface area contributed by atoms with Gasteiger partial charge in [-0.15, -0.1) is 11.6 Å². The van der Waals surface area contributed by atoms with Crippen molar-refractivity contribution in [2.45, 2.75) is 37.2 Å². The summed E-state index contributed by atoms with van der Waals surface area (Å²) in [5, 5.41) is -0.0873. The second-order valence-corrected chi connectivity index (χ2v) is 5.76. The van der Waals surface area contributed by atoms with Crippen LogP contribution in [0.2, 0.25) is 0 Å². The lowest BCUT2D eigenvalue weighted by Gasteiger charge is -2.27. The number of rotatable bonds is 2. The number of hydrogen-bond acceptors (Lipinski definition) is 2. The van der Waals surface area contributed by atoms with Crippen molar-refractivity contribution in [3.05, 3.63) is 29.3 Å². The maximum Gasteiger partial charge on any atom is 0.227 e.